The summed E-state index contributed by atoms with van der Waals surface area (Å²) in [4.78, 5) is 4.07. The number of rotatable bonds is 7. The Morgan fingerprint density at radius 2 is 2.13 bits per heavy atom. The maximum absolute atomic E-state index is 5.75. The third-order valence-corrected chi connectivity index (χ3v) is 3.53. The monoisotopic (exact) mass is 327 g/mol. The average Bonchev–Trinajstić information content (AvgIpc) is 2.59. The van der Waals surface area contributed by atoms with Crippen LogP contribution in [0.3, 0.4) is 0 Å². The van der Waals surface area contributed by atoms with Gasteiger partial charge in [-0.2, -0.15) is 0 Å². The van der Waals surface area contributed by atoms with Gasteiger partial charge in [-0.3, -0.25) is 4.98 Å². The number of nitrogens with one attached hydrogen (secondary N) is 2. The van der Waals surface area contributed by atoms with Crippen molar-refractivity contribution in [3.05, 3.63) is 72.6 Å². The van der Waals surface area contributed by atoms with Gasteiger partial charge in [0, 0.05) is 24.5 Å². The van der Waals surface area contributed by atoms with Gasteiger partial charge < -0.3 is 15.4 Å². The van der Waals surface area contributed by atoms with Crippen LogP contribution < -0.4 is 15.4 Å². The Hall–Kier alpha value is -2.40. The van der Waals surface area contributed by atoms with Gasteiger partial charge in [-0.05, 0) is 42.9 Å². The molecule has 0 bridgehead atoms. The van der Waals surface area contributed by atoms with Crippen molar-refractivity contribution in [2.45, 2.75) is 19.6 Å². The summed E-state index contributed by atoms with van der Waals surface area (Å²) < 4.78 is 5.75. The zero-order valence-electron chi connectivity index (χ0n) is 13.2. The number of benzene rings is 1. The maximum Gasteiger partial charge on any atom is 0.167 e. The van der Waals surface area contributed by atoms with Crippen molar-refractivity contribution in [2.24, 2.45) is 0 Å². The van der Waals surface area contributed by atoms with Crippen LogP contribution >= 0.6 is 12.2 Å². The predicted molar refractivity (Wildman–Crippen MR) is 97.4 cm³/mol. The van der Waals surface area contributed by atoms with E-state index < -0.39 is 0 Å². The maximum atomic E-state index is 5.75. The first-order valence-electron chi connectivity index (χ1n) is 7.46. The summed E-state index contributed by atoms with van der Waals surface area (Å²) in [5.74, 6) is 0.831. The highest BCUT2D eigenvalue weighted by atomic mass is 32.1. The van der Waals surface area contributed by atoms with E-state index in [2.05, 4.69) is 29.1 Å². The highest BCUT2D eigenvalue weighted by Gasteiger charge is 2.06. The molecule has 0 fully saturated rings. The fourth-order valence-corrected chi connectivity index (χ4v) is 2.26. The molecule has 2 N–H and O–H groups in total. The Morgan fingerprint density at radius 3 is 2.78 bits per heavy atom. The molecule has 0 aliphatic carbocycles. The van der Waals surface area contributed by atoms with E-state index >= 15 is 0 Å². The van der Waals surface area contributed by atoms with Gasteiger partial charge in [-0.25, -0.2) is 0 Å². The Bertz CT molecular complexity index is 628. The van der Waals surface area contributed by atoms with Crippen LogP contribution in [0.15, 0.2) is 61.4 Å². The summed E-state index contributed by atoms with van der Waals surface area (Å²) in [6, 6.07) is 12.0. The number of ether oxygens (including phenoxy) is 1. The van der Waals surface area contributed by atoms with Crippen molar-refractivity contribution < 1.29 is 4.74 Å². The lowest BCUT2D eigenvalue weighted by molar-refractivity contribution is 0.305. The second-order valence-corrected chi connectivity index (χ2v) is 5.49. The topological polar surface area (TPSA) is 46.2 Å². The molecule has 120 valence electrons. The van der Waals surface area contributed by atoms with Crippen LogP contribution in [0.5, 0.6) is 5.75 Å². The summed E-state index contributed by atoms with van der Waals surface area (Å²) in [7, 11) is 0. The lowest BCUT2D eigenvalue weighted by Crippen LogP contribution is -2.36. The van der Waals surface area contributed by atoms with Crippen LogP contribution in [0.2, 0.25) is 0 Å². The molecule has 1 heterocycles. The van der Waals surface area contributed by atoms with Crippen LogP contribution in [-0.4, -0.2) is 16.6 Å². The van der Waals surface area contributed by atoms with Gasteiger partial charge in [0.1, 0.15) is 12.4 Å². The molecule has 0 saturated carbocycles. The molecule has 5 heteroatoms. The molecule has 1 unspecified atom stereocenters. The van der Waals surface area contributed by atoms with E-state index in [0.29, 0.717) is 18.3 Å². The average molecular weight is 327 g/mol. The lowest BCUT2D eigenvalue weighted by Gasteiger charge is -2.17. The molecule has 23 heavy (non-hydrogen) atoms. The highest BCUT2D eigenvalue weighted by Crippen LogP contribution is 2.18. The standard InChI is InChI=1S/C18H21N3OS/c1-3-10-20-18(23)21-14(2)16-6-8-17(9-7-16)22-13-15-5-4-11-19-12-15/h3-9,11-12,14H,1,10,13H2,2H3,(H2,20,21,23). The van der Waals surface area contributed by atoms with E-state index in [1.54, 1.807) is 18.5 Å². The zero-order valence-corrected chi connectivity index (χ0v) is 14.0. The number of hydrogen-bond acceptors (Lipinski definition) is 3. The summed E-state index contributed by atoms with van der Waals surface area (Å²) in [5, 5.41) is 6.91. The molecule has 2 rings (SSSR count). The SMILES string of the molecule is C=CCNC(=S)NC(C)c1ccc(OCc2cccnc2)cc1. The van der Waals surface area contributed by atoms with Crippen LogP contribution in [0.25, 0.3) is 0 Å². The van der Waals surface area contributed by atoms with Crippen molar-refractivity contribution >= 4 is 17.3 Å². The Labute approximate surface area is 142 Å². The van der Waals surface area contributed by atoms with Crippen molar-refractivity contribution in [3.63, 3.8) is 0 Å². The molecule has 1 aromatic carbocycles. The first kappa shape index (κ1) is 17.0. The van der Waals surface area contributed by atoms with Gasteiger partial charge in [-0.1, -0.05) is 24.3 Å². The largest absolute Gasteiger partial charge is 0.489 e. The highest BCUT2D eigenvalue weighted by molar-refractivity contribution is 7.80. The van der Waals surface area contributed by atoms with E-state index in [9.17, 15) is 0 Å². The van der Waals surface area contributed by atoms with Crippen molar-refractivity contribution in [3.8, 4) is 5.75 Å². The van der Waals surface area contributed by atoms with E-state index in [1.807, 2.05) is 36.4 Å². The minimum Gasteiger partial charge on any atom is -0.489 e. The quantitative estimate of drug-likeness (QED) is 0.603. The predicted octanol–water partition coefficient (Wildman–Crippen LogP) is 3.37. The summed E-state index contributed by atoms with van der Waals surface area (Å²) >= 11 is 5.22. The lowest BCUT2D eigenvalue weighted by atomic mass is 10.1. The fraction of sp³-hybridized carbons (Fsp3) is 0.222. The van der Waals surface area contributed by atoms with E-state index in [0.717, 1.165) is 16.9 Å². The van der Waals surface area contributed by atoms with Crippen LogP contribution in [0.4, 0.5) is 0 Å². The molecule has 0 spiro atoms. The van der Waals surface area contributed by atoms with Crippen molar-refractivity contribution in [1.29, 1.82) is 0 Å². The van der Waals surface area contributed by atoms with Gasteiger partial charge in [0.05, 0.1) is 6.04 Å². The molecule has 0 amide bonds. The third kappa shape index (κ3) is 5.71. The van der Waals surface area contributed by atoms with Crippen LogP contribution in [-0.2, 0) is 6.61 Å². The number of nitrogens with zero attached hydrogens (tertiary/aromatic N) is 1. The minimum atomic E-state index is 0.118. The molecular weight excluding hydrogens is 306 g/mol. The summed E-state index contributed by atoms with van der Waals surface area (Å²) in [6.07, 6.45) is 5.33. The molecule has 2 aromatic rings. The number of hydrogen-bond donors (Lipinski definition) is 2. The normalized spacial score (nSPS) is 11.3. The summed E-state index contributed by atoms with van der Waals surface area (Å²) in [6.45, 7) is 6.88. The van der Waals surface area contributed by atoms with Gasteiger partial charge in [-0.15, -0.1) is 6.58 Å². The smallest absolute Gasteiger partial charge is 0.167 e. The molecule has 0 radical (unpaired) electrons. The minimum absolute atomic E-state index is 0.118. The molecule has 1 atom stereocenters. The summed E-state index contributed by atoms with van der Waals surface area (Å²) in [5.41, 5.74) is 2.19. The Morgan fingerprint density at radius 1 is 1.35 bits per heavy atom. The van der Waals surface area contributed by atoms with Gasteiger partial charge in [0.2, 0.25) is 0 Å². The zero-order chi connectivity index (χ0) is 16.5. The molecular formula is C18H21N3OS. The molecule has 1 aromatic heterocycles. The van der Waals surface area contributed by atoms with E-state index in [-0.39, 0.29) is 6.04 Å². The molecule has 4 nitrogen and oxygen atoms in total. The second kappa shape index (κ2) is 8.90. The second-order valence-electron chi connectivity index (χ2n) is 5.08. The van der Waals surface area contributed by atoms with Crippen molar-refractivity contribution in [2.75, 3.05) is 6.54 Å². The molecule has 0 aliphatic rings. The van der Waals surface area contributed by atoms with Gasteiger partial charge in [0.25, 0.3) is 0 Å². The number of thiocarbonyl (C=S) groups is 1. The van der Waals surface area contributed by atoms with Crippen LogP contribution in [0.1, 0.15) is 24.1 Å². The first-order chi connectivity index (χ1) is 11.2. The van der Waals surface area contributed by atoms with Crippen LogP contribution in [0, 0.1) is 0 Å². The van der Waals surface area contributed by atoms with E-state index in [1.165, 1.54) is 0 Å². The molecule has 0 aliphatic heterocycles. The third-order valence-electron chi connectivity index (χ3n) is 3.26. The van der Waals surface area contributed by atoms with Gasteiger partial charge in [0.15, 0.2) is 5.11 Å². The first-order valence-corrected chi connectivity index (χ1v) is 7.87. The Balaban J connectivity index is 1.86. The number of aromatic nitrogens is 1. The van der Waals surface area contributed by atoms with E-state index in [4.69, 9.17) is 17.0 Å². The number of pyridine rings is 1. The fourth-order valence-electron chi connectivity index (χ4n) is 2.00. The molecule has 0 saturated heterocycles. The van der Waals surface area contributed by atoms with Gasteiger partial charge >= 0.3 is 0 Å². The Kier molecular flexibility index (Phi) is 6.56. The van der Waals surface area contributed by atoms with Crippen molar-refractivity contribution in [1.82, 2.24) is 15.6 Å².